The summed E-state index contributed by atoms with van der Waals surface area (Å²) >= 11 is 0. The minimum absolute atomic E-state index is 0.190. The molecule has 0 amide bonds. The van der Waals surface area contributed by atoms with E-state index in [1.165, 1.54) is 28.4 Å². The van der Waals surface area contributed by atoms with Gasteiger partial charge in [-0.25, -0.2) is 9.98 Å². The number of methoxy groups -OCH3 is 4. The number of nitrogens with zero attached hydrogens (tertiary/aromatic N) is 2. The maximum absolute atomic E-state index is 6.02. The Kier molecular flexibility index (Phi) is 6.06. The topological polar surface area (TPSA) is 80.1 Å². The van der Waals surface area contributed by atoms with Crippen molar-refractivity contribution in [3.8, 4) is 0 Å². The van der Waals surface area contributed by atoms with E-state index in [9.17, 15) is 0 Å². The maximum atomic E-state index is 6.02. The van der Waals surface area contributed by atoms with Crippen molar-refractivity contribution in [3.05, 3.63) is 71.8 Å². The molecule has 0 bridgehead atoms. The summed E-state index contributed by atoms with van der Waals surface area (Å²) < 4.78 is 34.4. The van der Waals surface area contributed by atoms with Gasteiger partial charge < -0.3 is 28.4 Å². The van der Waals surface area contributed by atoms with Crippen LogP contribution in [0.2, 0.25) is 0 Å². The minimum Gasteiger partial charge on any atom is -0.423 e. The van der Waals surface area contributed by atoms with Gasteiger partial charge in [0.2, 0.25) is 0 Å². The Morgan fingerprint density at radius 2 is 1.00 bits per heavy atom. The smallest absolute Gasteiger partial charge is 0.355 e. The van der Waals surface area contributed by atoms with Crippen LogP contribution in [0.1, 0.15) is 29.6 Å². The highest BCUT2D eigenvalue weighted by atomic mass is 16.9. The van der Waals surface area contributed by atoms with Crippen molar-refractivity contribution in [1.29, 1.82) is 0 Å². The first kappa shape index (κ1) is 21.5. The van der Waals surface area contributed by atoms with Crippen LogP contribution >= 0.6 is 0 Å². The number of benzene rings is 2. The first-order valence-corrected chi connectivity index (χ1v) is 9.91. The van der Waals surface area contributed by atoms with Gasteiger partial charge in [0, 0.05) is 28.4 Å². The van der Waals surface area contributed by atoms with Crippen molar-refractivity contribution < 1.29 is 28.4 Å². The van der Waals surface area contributed by atoms with E-state index in [0.29, 0.717) is 11.8 Å². The fraction of sp³-hybridized carbons (Fsp3) is 0.391. The molecule has 2 aliphatic rings. The fourth-order valence-corrected chi connectivity index (χ4v) is 3.84. The molecule has 164 valence electrons. The summed E-state index contributed by atoms with van der Waals surface area (Å²) in [5.41, 5.74) is 1.81. The zero-order valence-corrected chi connectivity index (χ0v) is 18.0. The van der Waals surface area contributed by atoms with Crippen LogP contribution in [0.3, 0.4) is 0 Å². The first-order chi connectivity index (χ1) is 15.1. The van der Waals surface area contributed by atoms with Crippen LogP contribution in [-0.4, -0.2) is 52.2 Å². The molecule has 0 saturated carbocycles. The first-order valence-electron chi connectivity index (χ1n) is 9.91. The van der Waals surface area contributed by atoms with Crippen molar-refractivity contribution in [1.82, 2.24) is 0 Å². The van der Waals surface area contributed by atoms with E-state index >= 15 is 0 Å². The van der Waals surface area contributed by atoms with Gasteiger partial charge in [-0.2, -0.15) is 0 Å². The summed E-state index contributed by atoms with van der Waals surface area (Å²) in [7, 11) is 6.09. The lowest BCUT2D eigenvalue weighted by Gasteiger charge is -2.30. The van der Waals surface area contributed by atoms with Gasteiger partial charge in [-0.1, -0.05) is 60.7 Å². The molecule has 0 aliphatic carbocycles. The van der Waals surface area contributed by atoms with Crippen LogP contribution in [0.15, 0.2) is 70.6 Å². The van der Waals surface area contributed by atoms with Gasteiger partial charge in [-0.3, -0.25) is 0 Å². The second-order valence-electron chi connectivity index (χ2n) is 7.08. The molecule has 2 atom stereocenters. The SMILES string of the molecule is COC1(OC)OC(CC2=N[C@H](c3ccccc3)C(OC)(OC)O2)=N[C@@H]1c1ccccc1. The van der Waals surface area contributed by atoms with Gasteiger partial charge in [0.25, 0.3) is 0 Å². The molecule has 0 saturated heterocycles. The third-order valence-corrected chi connectivity index (χ3v) is 5.41. The number of hydrogen-bond donors (Lipinski definition) is 0. The van der Waals surface area contributed by atoms with Crippen LogP contribution < -0.4 is 0 Å². The minimum atomic E-state index is -1.37. The molecule has 31 heavy (non-hydrogen) atoms. The Labute approximate surface area is 181 Å². The molecule has 0 fully saturated rings. The average Bonchev–Trinajstić information content (AvgIpc) is 3.39. The molecule has 8 nitrogen and oxygen atoms in total. The van der Waals surface area contributed by atoms with E-state index in [-0.39, 0.29) is 6.42 Å². The van der Waals surface area contributed by atoms with Crippen LogP contribution in [0, 0.1) is 0 Å². The summed E-state index contributed by atoms with van der Waals surface area (Å²) in [6.07, 6.45) is 0.190. The molecular weight excluding hydrogens is 400 g/mol. The predicted molar refractivity (Wildman–Crippen MR) is 114 cm³/mol. The lowest BCUT2D eigenvalue weighted by atomic mass is 10.1. The van der Waals surface area contributed by atoms with Crippen molar-refractivity contribution >= 4 is 11.8 Å². The standard InChI is InChI=1S/C23H26N2O6/c1-26-22(27-2)20(16-11-7-5-8-12-16)24-18(30-22)15-19-25-21(17-13-9-6-10-14-17)23(28-3,29-4)31-19/h5-14,20-21H,15H2,1-4H3/t20-,21-/m1/s1. The fourth-order valence-electron chi connectivity index (χ4n) is 3.84. The second-order valence-corrected chi connectivity index (χ2v) is 7.08. The molecular formula is C23H26N2O6. The summed E-state index contributed by atoms with van der Waals surface area (Å²) in [6, 6.07) is 18.4. The molecule has 2 heterocycles. The number of hydrogen-bond acceptors (Lipinski definition) is 8. The van der Waals surface area contributed by atoms with E-state index in [0.717, 1.165) is 11.1 Å². The molecule has 0 aromatic heterocycles. The van der Waals surface area contributed by atoms with Crippen LogP contribution in [0.5, 0.6) is 0 Å². The normalized spacial score (nSPS) is 23.6. The molecule has 0 N–H and O–H groups in total. The highest BCUT2D eigenvalue weighted by Crippen LogP contribution is 2.43. The summed E-state index contributed by atoms with van der Waals surface area (Å²) in [6.45, 7) is 0. The highest BCUT2D eigenvalue weighted by molar-refractivity contribution is 5.98. The Morgan fingerprint density at radius 3 is 1.32 bits per heavy atom. The van der Waals surface area contributed by atoms with Gasteiger partial charge in [-0.15, -0.1) is 0 Å². The molecule has 0 spiro atoms. The molecule has 2 aromatic rings. The lowest BCUT2D eigenvalue weighted by molar-refractivity contribution is -0.333. The van der Waals surface area contributed by atoms with E-state index < -0.39 is 24.0 Å². The van der Waals surface area contributed by atoms with Crippen molar-refractivity contribution in [3.63, 3.8) is 0 Å². The summed E-state index contributed by atoms with van der Waals surface area (Å²) in [5.74, 6) is -1.97. The monoisotopic (exact) mass is 426 g/mol. The zero-order valence-electron chi connectivity index (χ0n) is 18.0. The van der Waals surface area contributed by atoms with Crippen LogP contribution in [0.4, 0.5) is 0 Å². The zero-order chi connectivity index (χ0) is 21.9. The maximum Gasteiger partial charge on any atom is 0.355 e. The predicted octanol–water partition coefficient (Wildman–Crippen LogP) is 3.61. The molecule has 2 aliphatic heterocycles. The quantitative estimate of drug-likeness (QED) is 0.600. The Balaban J connectivity index is 1.62. The van der Waals surface area contributed by atoms with E-state index in [4.69, 9.17) is 38.4 Å². The molecule has 4 rings (SSSR count). The number of ether oxygens (including phenoxy) is 6. The largest absolute Gasteiger partial charge is 0.423 e. The van der Waals surface area contributed by atoms with Crippen molar-refractivity contribution in [2.24, 2.45) is 9.98 Å². The molecule has 0 radical (unpaired) electrons. The Bertz CT molecular complexity index is 862. The van der Waals surface area contributed by atoms with Gasteiger partial charge in [0.15, 0.2) is 23.9 Å². The Morgan fingerprint density at radius 1 is 0.645 bits per heavy atom. The average molecular weight is 426 g/mol. The molecule has 2 aromatic carbocycles. The third kappa shape index (κ3) is 3.83. The lowest BCUT2D eigenvalue weighted by Crippen LogP contribution is -2.41. The van der Waals surface area contributed by atoms with Gasteiger partial charge >= 0.3 is 11.9 Å². The van der Waals surface area contributed by atoms with Crippen LogP contribution in [0.25, 0.3) is 0 Å². The van der Waals surface area contributed by atoms with Gasteiger partial charge in [-0.05, 0) is 11.1 Å². The summed E-state index contributed by atoms with van der Waals surface area (Å²) in [4.78, 5) is 9.43. The van der Waals surface area contributed by atoms with E-state index in [1.54, 1.807) is 0 Å². The van der Waals surface area contributed by atoms with Gasteiger partial charge in [0.1, 0.15) is 0 Å². The van der Waals surface area contributed by atoms with E-state index in [1.807, 2.05) is 60.7 Å². The summed E-state index contributed by atoms with van der Waals surface area (Å²) in [5, 5.41) is 0. The second kappa shape index (κ2) is 8.76. The molecule has 0 unspecified atom stereocenters. The molecule has 8 heteroatoms. The number of aliphatic imine (C=N–C) groups is 2. The highest BCUT2D eigenvalue weighted by Gasteiger charge is 2.52. The number of rotatable bonds is 8. The van der Waals surface area contributed by atoms with Crippen LogP contribution in [-0.2, 0) is 28.4 Å². The van der Waals surface area contributed by atoms with E-state index in [2.05, 4.69) is 0 Å². The van der Waals surface area contributed by atoms with Crippen molar-refractivity contribution in [2.45, 2.75) is 30.5 Å². The third-order valence-electron chi connectivity index (χ3n) is 5.41. The Hall–Kier alpha value is -2.78. The van der Waals surface area contributed by atoms with Gasteiger partial charge in [0.05, 0.1) is 6.42 Å². The van der Waals surface area contributed by atoms with Crippen molar-refractivity contribution in [2.75, 3.05) is 28.4 Å².